The third kappa shape index (κ3) is 1.75. The lowest BCUT2D eigenvalue weighted by atomic mass is 9.81. The Bertz CT molecular complexity index is 461. The summed E-state index contributed by atoms with van der Waals surface area (Å²) >= 11 is 0. The Morgan fingerprint density at radius 1 is 1.47 bits per heavy atom. The van der Waals surface area contributed by atoms with Gasteiger partial charge in [0.1, 0.15) is 5.75 Å². The summed E-state index contributed by atoms with van der Waals surface area (Å²) in [6.45, 7) is 4.53. The minimum Gasteiger partial charge on any atom is -0.493 e. The van der Waals surface area contributed by atoms with Gasteiger partial charge >= 0.3 is 0 Å². The number of hydrogen-bond donors (Lipinski definition) is 1. The molecular weight excluding hydrogens is 214 g/mol. The van der Waals surface area contributed by atoms with Crippen molar-refractivity contribution in [2.75, 3.05) is 19.7 Å². The molecule has 1 unspecified atom stereocenters. The maximum Gasteiger partial charge on any atom is 0.170 e. The van der Waals surface area contributed by atoms with Crippen LogP contribution in [0.5, 0.6) is 5.75 Å². The van der Waals surface area contributed by atoms with E-state index in [1.807, 2.05) is 18.2 Å². The van der Waals surface area contributed by atoms with E-state index in [0.29, 0.717) is 0 Å². The lowest BCUT2D eigenvalue weighted by molar-refractivity contribution is 0.0839. The Labute approximate surface area is 101 Å². The zero-order valence-electron chi connectivity index (χ0n) is 10.1. The predicted octanol–water partition coefficient (Wildman–Crippen LogP) is 1.80. The van der Waals surface area contributed by atoms with Crippen LogP contribution in [-0.4, -0.2) is 25.5 Å². The number of ether oxygens (including phenoxy) is 1. The van der Waals surface area contributed by atoms with Crippen molar-refractivity contribution in [1.29, 1.82) is 0 Å². The summed E-state index contributed by atoms with van der Waals surface area (Å²) in [7, 11) is 0. The van der Waals surface area contributed by atoms with Crippen molar-refractivity contribution in [3.8, 4) is 5.75 Å². The molecule has 0 saturated carbocycles. The minimum atomic E-state index is -0.228. The number of carbonyl (C=O) groups excluding carboxylic acids is 1. The molecule has 2 aliphatic rings. The zero-order valence-corrected chi connectivity index (χ0v) is 10.1. The second-order valence-electron chi connectivity index (χ2n) is 5.24. The molecule has 0 aromatic heterocycles. The van der Waals surface area contributed by atoms with Crippen LogP contribution in [0, 0.1) is 5.41 Å². The maximum absolute atomic E-state index is 12.5. The molecule has 1 N–H and O–H groups in total. The smallest absolute Gasteiger partial charge is 0.170 e. The number of nitrogens with one attached hydrogen (secondary N) is 1. The average molecular weight is 231 g/mol. The first-order chi connectivity index (χ1) is 8.19. The molecule has 17 heavy (non-hydrogen) atoms. The summed E-state index contributed by atoms with van der Waals surface area (Å²) in [6, 6.07) is 5.84. The summed E-state index contributed by atoms with van der Waals surface area (Å²) < 4.78 is 5.46. The van der Waals surface area contributed by atoms with Gasteiger partial charge in [-0.15, -0.1) is 0 Å². The molecule has 3 rings (SSSR count). The molecule has 2 heterocycles. The number of fused-ring (bicyclic) bond motifs is 1. The van der Waals surface area contributed by atoms with Gasteiger partial charge in [-0.2, -0.15) is 0 Å². The second kappa shape index (κ2) is 3.84. The molecular formula is C14H17NO2. The Morgan fingerprint density at radius 2 is 2.35 bits per heavy atom. The summed E-state index contributed by atoms with van der Waals surface area (Å²) in [5.74, 6) is 1.20. The first-order valence-corrected chi connectivity index (χ1v) is 6.20. The van der Waals surface area contributed by atoms with Crippen molar-refractivity contribution >= 4 is 5.78 Å². The summed E-state index contributed by atoms with van der Waals surface area (Å²) in [5.41, 5.74) is 1.78. The fraction of sp³-hybridized carbons (Fsp3) is 0.500. The highest BCUT2D eigenvalue weighted by atomic mass is 16.5. The molecule has 1 aromatic carbocycles. The van der Waals surface area contributed by atoms with E-state index in [-0.39, 0.29) is 11.2 Å². The first kappa shape index (κ1) is 10.8. The molecule has 3 heteroatoms. The van der Waals surface area contributed by atoms with E-state index in [2.05, 4.69) is 12.2 Å². The van der Waals surface area contributed by atoms with E-state index in [1.165, 1.54) is 5.56 Å². The molecule has 1 atom stereocenters. The van der Waals surface area contributed by atoms with Gasteiger partial charge in [0.25, 0.3) is 0 Å². The fourth-order valence-electron chi connectivity index (χ4n) is 2.69. The Kier molecular flexibility index (Phi) is 2.44. The van der Waals surface area contributed by atoms with Crippen LogP contribution >= 0.6 is 0 Å². The van der Waals surface area contributed by atoms with E-state index in [9.17, 15) is 4.79 Å². The largest absolute Gasteiger partial charge is 0.493 e. The summed E-state index contributed by atoms with van der Waals surface area (Å²) in [5, 5.41) is 3.27. The Morgan fingerprint density at radius 3 is 3.12 bits per heavy atom. The highest BCUT2D eigenvalue weighted by Gasteiger charge is 2.36. The molecule has 1 aromatic rings. The van der Waals surface area contributed by atoms with Gasteiger partial charge in [-0.3, -0.25) is 4.79 Å². The third-order valence-electron chi connectivity index (χ3n) is 3.87. The number of rotatable bonds is 2. The molecule has 1 fully saturated rings. The van der Waals surface area contributed by atoms with Gasteiger partial charge in [0.05, 0.1) is 6.61 Å². The van der Waals surface area contributed by atoms with E-state index in [1.54, 1.807) is 0 Å². The monoisotopic (exact) mass is 231 g/mol. The molecule has 0 spiro atoms. The highest BCUT2D eigenvalue weighted by molar-refractivity contribution is 6.01. The second-order valence-corrected chi connectivity index (χ2v) is 5.24. The van der Waals surface area contributed by atoms with Gasteiger partial charge < -0.3 is 10.1 Å². The molecule has 0 amide bonds. The van der Waals surface area contributed by atoms with Gasteiger partial charge in [-0.1, -0.05) is 6.92 Å². The maximum atomic E-state index is 12.5. The lowest BCUT2D eigenvalue weighted by Gasteiger charge is -2.21. The standard InChI is InChI=1S/C14H17NO2/c1-14(5-6-15-9-14)13(16)11-2-3-12-10(8-11)4-7-17-12/h2-3,8,15H,4-7,9H2,1H3. The van der Waals surface area contributed by atoms with Gasteiger partial charge in [-0.25, -0.2) is 0 Å². The number of benzene rings is 1. The Hall–Kier alpha value is -1.35. The Balaban J connectivity index is 1.91. The van der Waals surface area contributed by atoms with Crippen LogP contribution in [0.3, 0.4) is 0 Å². The quantitative estimate of drug-likeness (QED) is 0.789. The molecule has 0 aliphatic carbocycles. The minimum absolute atomic E-state index is 0.228. The van der Waals surface area contributed by atoms with E-state index in [4.69, 9.17) is 4.74 Å². The molecule has 90 valence electrons. The van der Waals surface area contributed by atoms with Crippen molar-refractivity contribution in [1.82, 2.24) is 5.32 Å². The predicted molar refractivity (Wildman–Crippen MR) is 65.6 cm³/mol. The van der Waals surface area contributed by atoms with Gasteiger partial charge in [0.2, 0.25) is 0 Å². The van der Waals surface area contributed by atoms with Crippen molar-refractivity contribution in [3.63, 3.8) is 0 Å². The van der Waals surface area contributed by atoms with Gasteiger partial charge in [0.15, 0.2) is 5.78 Å². The molecule has 3 nitrogen and oxygen atoms in total. The van der Waals surface area contributed by atoms with Crippen molar-refractivity contribution in [2.45, 2.75) is 19.8 Å². The highest BCUT2D eigenvalue weighted by Crippen LogP contribution is 2.32. The number of ketones is 1. The van der Waals surface area contributed by atoms with Crippen LogP contribution in [0.4, 0.5) is 0 Å². The van der Waals surface area contributed by atoms with E-state index in [0.717, 1.165) is 43.9 Å². The van der Waals surface area contributed by atoms with Crippen LogP contribution in [0.1, 0.15) is 29.3 Å². The van der Waals surface area contributed by atoms with Crippen LogP contribution in [0.25, 0.3) is 0 Å². The number of carbonyl (C=O) groups is 1. The van der Waals surface area contributed by atoms with Crippen LogP contribution < -0.4 is 10.1 Å². The molecule has 1 saturated heterocycles. The lowest BCUT2D eigenvalue weighted by Crippen LogP contribution is -2.30. The molecule has 0 bridgehead atoms. The van der Waals surface area contributed by atoms with Crippen molar-refractivity contribution in [2.24, 2.45) is 5.41 Å². The van der Waals surface area contributed by atoms with E-state index >= 15 is 0 Å². The first-order valence-electron chi connectivity index (χ1n) is 6.20. The fourth-order valence-corrected chi connectivity index (χ4v) is 2.69. The summed E-state index contributed by atoms with van der Waals surface area (Å²) in [4.78, 5) is 12.5. The molecule has 2 aliphatic heterocycles. The van der Waals surface area contributed by atoms with Crippen LogP contribution in [-0.2, 0) is 6.42 Å². The van der Waals surface area contributed by atoms with Crippen LogP contribution in [0.15, 0.2) is 18.2 Å². The normalized spacial score (nSPS) is 26.6. The van der Waals surface area contributed by atoms with E-state index < -0.39 is 0 Å². The van der Waals surface area contributed by atoms with Gasteiger partial charge in [-0.05, 0) is 36.7 Å². The van der Waals surface area contributed by atoms with Gasteiger partial charge in [0, 0.05) is 23.9 Å². The van der Waals surface area contributed by atoms with Crippen LogP contribution in [0.2, 0.25) is 0 Å². The number of Topliss-reactive ketones (excluding diaryl/α,β-unsaturated/α-hetero) is 1. The zero-order chi connectivity index (χ0) is 11.9. The SMILES string of the molecule is CC1(C(=O)c2ccc3c(c2)CCO3)CCNC1. The summed E-state index contributed by atoms with van der Waals surface area (Å²) in [6.07, 6.45) is 1.85. The van der Waals surface area contributed by atoms with Crippen molar-refractivity contribution in [3.05, 3.63) is 29.3 Å². The topological polar surface area (TPSA) is 38.3 Å². The van der Waals surface area contributed by atoms with Crippen molar-refractivity contribution < 1.29 is 9.53 Å². The molecule has 0 radical (unpaired) electrons. The third-order valence-corrected chi connectivity index (χ3v) is 3.87. The number of hydrogen-bond acceptors (Lipinski definition) is 3. The average Bonchev–Trinajstić information content (AvgIpc) is 2.96.